The standard InChI is InChI=1S/C26H34N4O5S/c1-16(2)30-11-9-20(10-12-30)24(19-6-7-19)29-25-21(13-18(4)14-22(25)35-36(32,33)34)26(31)28-23-8-5-17(3)15-27-23/h5,8,13-16,20,29H,6-7,9-12H2,1-4H3,(H,27,28,31)(H,32,33,34). The van der Waals surface area contributed by atoms with Gasteiger partial charge in [-0.1, -0.05) is 6.07 Å². The van der Waals surface area contributed by atoms with Gasteiger partial charge in [0, 0.05) is 23.9 Å². The summed E-state index contributed by atoms with van der Waals surface area (Å²) >= 11 is 0. The van der Waals surface area contributed by atoms with Crippen LogP contribution in [0.15, 0.2) is 41.7 Å². The number of nitrogens with one attached hydrogen (secondary N) is 2. The molecule has 1 aliphatic heterocycles. The molecule has 194 valence electrons. The summed E-state index contributed by atoms with van der Waals surface area (Å²) in [7, 11) is -4.81. The quantitative estimate of drug-likeness (QED) is 0.433. The number of hydrogen-bond acceptors (Lipinski definition) is 7. The van der Waals surface area contributed by atoms with Crippen LogP contribution in [-0.2, 0) is 10.4 Å². The van der Waals surface area contributed by atoms with Crippen LogP contribution in [0.3, 0.4) is 0 Å². The zero-order chi connectivity index (χ0) is 26.0. The first-order valence-electron chi connectivity index (χ1n) is 12.3. The summed E-state index contributed by atoms with van der Waals surface area (Å²) < 4.78 is 37.8. The second kappa shape index (κ2) is 10.6. The molecule has 2 aromatic rings. The zero-order valence-electron chi connectivity index (χ0n) is 21.2. The average Bonchev–Trinajstić information content (AvgIpc) is 3.64. The Morgan fingerprint density at radius 1 is 1.11 bits per heavy atom. The van der Waals surface area contributed by atoms with E-state index in [2.05, 4.69) is 34.4 Å². The number of amides is 1. The third kappa shape index (κ3) is 6.63. The van der Waals surface area contributed by atoms with Gasteiger partial charge in [-0.2, -0.15) is 8.42 Å². The Morgan fingerprint density at radius 2 is 1.81 bits per heavy atom. The number of piperidine rings is 1. The Bertz CT molecular complexity index is 1260. The van der Waals surface area contributed by atoms with Crippen LogP contribution in [0.2, 0.25) is 0 Å². The molecule has 2 fully saturated rings. The largest absolute Gasteiger partial charge is 0.446 e. The van der Waals surface area contributed by atoms with E-state index in [9.17, 15) is 17.8 Å². The minimum absolute atomic E-state index is 0.127. The van der Waals surface area contributed by atoms with Crippen molar-refractivity contribution in [3.8, 4) is 5.75 Å². The van der Waals surface area contributed by atoms with E-state index in [1.54, 1.807) is 25.3 Å². The summed E-state index contributed by atoms with van der Waals surface area (Å²) in [6, 6.07) is 7.18. The van der Waals surface area contributed by atoms with Crippen molar-refractivity contribution in [3.63, 3.8) is 0 Å². The molecule has 3 N–H and O–H groups in total. The number of aromatic nitrogens is 1. The fraction of sp³-hybridized carbons (Fsp3) is 0.462. The molecule has 0 bridgehead atoms. The van der Waals surface area contributed by atoms with Crippen LogP contribution in [-0.4, -0.2) is 47.9 Å². The summed E-state index contributed by atoms with van der Waals surface area (Å²) in [5, 5.41) is 6.18. The van der Waals surface area contributed by atoms with Crippen LogP contribution in [0.4, 0.5) is 11.5 Å². The smallest absolute Gasteiger partial charge is 0.360 e. The number of carbonyl (C=O) groups excluding carboxylic acids is 1. The molecule has 2 aliphatic rings. The van der Waals surface area contributed by atoms with Crippen molar-refractivity contribution in [2.75, 3.05) is 23.7 Å². The van der Waals surface area contributed by atoms with Crippen molar-refractivity contribution in [1.82, 2.24) is 9.88 Å². The van der Waals surface area contributed by atoms with Gasteiger partial charge in [-0.05, 0) is 101 Å². The lowest BCUT2D eigenvalue weighted by atomic mass is 9.91. The summed E-state index contributed by atoms with van der Waals surface area (Å²) in [6.45, 7) is 9.95. The van der Waals surface area contributed by atoms with Crippen molar-refractivity contribution in [3.05, 3.63) is 58.4 Å². The lowest BCUT2D eigenvalue weighted by molar-refractivity contribution is 0.102. The van der Waals surface area contributed by atoms with Crippen molar-refractivity contribution in [2.45, 2.75) is 59.4 Å². The van der Waals surface area contributed by atoms with E-state index in [1.165, 1.54) is 11.6 Å². The molecule has 36 heavy (non-hydrogen) atoms. The van der Waals surface area contributed by atoms with E-state index >= 15 is 0 Å². The van der Waals surface area contributed by atoms with Gasteiger partial charge in [-0.3, -0.25) is 9.35 Å². The second-order valence-electron chi connectivity index (χ2n) is 9.92. The Kier molecular flexibility index (Phi) is 7.67. The van der Waals surface area contributed by atoms with E-state index in [-0.39, 0.29) is 22.9 Å². The first-order chi connectivity index (χ1) is 17.0. The summed E-state index contributed by atoms with van der Waals surface area (Å²) in [6.07, 6.45) is 5.49. The van der Waals surface area contributed by atoms with Gasteiger partial charge < -0.3 is 19.7 Å². The predicted octanol–water partition coefficient (Wildman–Crippen LogP) is 4.71. The van der Waals surface area contributed by atoms with Crippen molar-refractivity contribution in [2.24, 2.45) is 5.92 Å². The number of pyridine rings is 1. The maximum atomic E-state index is 13.4. The van der Waals surface area contributed by atoms with Crippen LogP contribution < -0.4 is 14.8 Å². The normalized spacial score (nSPS) is 16.7. The fourth-order valence-corrected chi connectivity index (χ4v) is 4.97. The number of aryl methyl sites for hydroxylation is 2. The van der Waals surface area contributed by atoms with E-state index < -0.39 is 16.3 Å². The molecule has 2 heterocycles. The van der Waals surface area contributed by atoms with E-state index in [1.807, 2.05) is 13.0 Å². The molecule has 1 amide bonds. The first kappa shape index (κ1) is 26.1. The molecule has 9 nitrogen and oxygen atoms in total. The average molecular weight is 515 g/mol. The molecule has 0 atom stereocenters. The highest BCUT2D eigenvalue weighted by Gasteiger charge is 2.31. The van der Waals surface area contributed by atoms with Gasteiger partial charge in [0.2, 0.25) is 0 Å². The Morgan fingerprint density at radius 3 is 2.36 bits per heavy atom. The summed E-state index contributed by atoms with van der Waals surface area (Å²) in [5.41, 5.74) is 4.26. The lowest BCUT2D eigenvalue weighted by Gasteiger charge is -2.36. The number of carbonyl (C=O) groups is 1. The number of allylic oxidation sites excluding steroid dienone is 2. The molecule has 1 aromatic carbocycles. The van der Waals surface area contributed by atoms with Crippen LogP contribution in [0.25, 0.3) is 0 Å². The molecule has 1 saturated heterocycles. The molecule has 1 saturated carbocycles. The zero-order valence-corrected chi connectivity index (χ0v) is 22.0. The highest BCUT2D eigenvalue weighted by molar-refractivity contribution is 7.81. The van der Waals surface area contributed by atoms with E-state index in [0.717, 1.165) is 50.0 Å². The minimum atomic E-state index is -4.81. The summed E-state index contributed by atoms with van der Waals surface area (Å²) in [5.74, 6) is 0.0367. The van der Waals surface area contributed by atoms with Crippen LogP contribution in [0.1, 0.15) is 61.0 Å². The Labute approximate surface area is 212 Å². The second-order valence-corrected chi connectivity index (χ2v) is 10.9. The topological polar surface area (TPSA) is 121 Å². The number of anilines is 2. The molecule has 0 radical (unpaired) electrons. The van der Waals surface area contributed by atoms with Gasteiger partial charge >= 0.3 is 10.4 Å². The highest BCUT2D eigenvalue weighted by atomic mass is 32.3. The van der Waals surface area contributed by atoms with E-state index in [0.29, 0.717) is 17.4 Å². The molecular weight excluding hydrogens is 480 g/mol. The van der Waals surface area contributed by atoms with Gasteiger partial charge in [-0.15, -0.1) is 0 Å². The molecular formula is C26H34N4O5S. The maximum Gasteiger partial charge on any atom is 0.446 e. The monoisotopic (exact) mass is 514 g/mol. The molecule has 0 spiro atoms. The van der Waals surface area contributed by atoms with Gasteiger partial charge in [0.15, 0.2) is 5.75 Å². The van der Waals surface area contributed by atoms with Crippen LogP contribution in [0, 0.1) is 19.8 Å². The van der Waals surface area contributed by atoms with Gasteiger partial charge in [-0.25, -0.2) is 4.98 Å². The third-order valence-electron chi connectivity index (χ3n) is 6.65. The van der Waals surface area contributed by atoms with Crippen molar-refractivity contribution >= 4 is 27.8 Å². The minimum Gasteiger partial charge on any atom is -0.360 e. The molecule has 1 aromatic heterocycles. The van der Waals surface area contributed by atoms with E-state index in [4.69, 9.17) is 4.18 Å². The van der Waals surface area contributed by atoms with Gasteiger partial charge in [0.05, 0.1) is 11.3 Å². The Balaban J connectivity index is 1.69. The number of likely N-dealkylation sites (tertiary alicyclic amines) is 1. The van der Waals surface area contributed by atoms with Crippen molar-refractivity contribution in [1.29, 1.82) is 0 Å². The third-order valence-corrected chi connectivity index (χ3v) is 7.04. The van der Waals surface area contributed by atoms with Gasteiger partial charge in [0.1, 0.15) is 5.82 Å². The number of hydrogen-bond donors (Lipinski definition) is 3. The predicted molar refractivity (Wildman–Crippen MR) is 140 cm³/mol. The molecule has 10 heteroatoms. The van der Waals surface area contributed by atoms with Gasteiger partial charge in [0.25, 0.3) is 5.91 Å². The maximum absolute atomic E-state index is 13.4. The highest BCUT2D eigenvalue weighted by Crippen LogP contribution is 2.42. The lowest BCUT2D eigenvalue weighted by Crippen LogP contribution is -2.39. The van der Waals surface area contributed by atoms with Crippen molar-refractivity contribution < 1.29 is 21.9 Å². The SMILES string of the molecule is Cc1ccc(NC(=O)c2cc(C)cc(OS(=O)(=O)O)c2NC(=C2CC2)C2CCN(C(C)C)CC2)nc1. The summed E-state index contributed by atoms with van der Waals surface area (Å²) in [4.78, 5) is 20.1. The number of nitrogens with zero attached hydrogens (tertiary/aromatic N) is 2. The van der Waals surface area contributed by atoms with Crippen LogP contribution >= 0.6 is 0 Å². The molecule has 1 aliphatic carbocycles. The molecule has 4 rings (SSSR count). The van der Waals surface area contributed by atoms with Crippen LogP contribution in [0.5, 0.6) is 5.75 Å². The Hall–Kier alpha value is -2.95. The number of rotatable bonds is 8. The fourth-order valence-electron chi connectivity index (χ4n) is 4.62. The molecule has 0 unspecified atom stereocenters. The number of benzene rings is 1. The first-order valence-corrected chi connectivity index (χ1v) is 13.6.